The third-order valence-electron chi connectivity index (χ3n) is 5.09. The molecule has 1 aliphatic rings. The first-order valence-corrected chi connectivity index (χ1v) is 10.8. The number of halogens is 1. The van der Waals surface area contributed by atoms with Crippen molar-refractivity contribution < 1.29 is 19.1 Å². The zero-order valence-corrected chi connectivity index (χ0v) is 18.7. The largest absolute Gasteiger partial charge is 0.503 e. The van der Waals surface area contributed by atoms with Gasteiger partial charge in [0.15, 0.2) is 16.9 Å². The molecule has 0 aliphatic carbocycles. The number of amides is 1. The van der Waals surface area contributed by atoms with Crippen LogP contribution in [0.1, 0.15) is 32.7 Å². The summed E-state index contributed by atoms with van der Waals surface area (Å²) in [5.74, 6) is -0.407. The highest BCUT2D eigenvalue weighted by atomic mass is 79.9. The van der Waals surface area contributed by atoms with E-state index in [4.69, 9.17) is 9.15 Å². The number of benzene rings is 2. The molecule has 5 rings (SSSR count). The molecule has 1 N–H and O–H groups in total. The number of ether oxygens (including phenoxy) is 1. The lowest BCUT2D eigenvalue weighted by Crippen LogP contribution is -2.29. The molecule has 4 aromatic rings. The summed E-state index contributed by atoms with van der Waals surface area (Å²) < 4.78 is 11.5. The molecular formula is C21H14BrN3O5S. The number of fused-ring (bicyclic) bond motifs is 2. The molecule has 2 aromatic heterocycles. The number of rotatable bonds is 3. The van der Waals surface area contributed by atoms with Crippen molar-refractivity contribution in [1.29, 1.82) is 0 Å². The number of aryl methyl sites for hydroxylation is 1. The van der Waals surface area contributed by atoms with Crippen molar-refractivity contribution in [3.8, 4) is 11.5 Å². The maximum atomic E-state index is 13.5. The monoisotopic (exact) mass is 499 g/mol. The summed E-state index contributed by atoms with van der Waals surface area (Å²) >= 11 is 4.55. The van der Waals surface area contributed by atoms with E-state index >= 15 is 0 Å². The highest BCUT2D eigenvalue weighted by Gasteiger charge is 2.45. The minimum Gasteiger partial charge on any atom is -0.503 e. The average molecular weight is 500 g/mol. The first-order chi connectivity index (χ1) is 14.9. The summed E-state index contributed by atoms with van der Waals surface area (Å²) in [6, 6.07) is 9.18. The number of phenolic OH excluding ortho intramolecular Hbond substituents is 1. The number of para-hydroxylation sites is 1. The maximum Gasteiger partial charge on any atom is 0.297 e. The van der Waals surface area contributed by atoms with Crippen molar-refractivity contribution in [2.75, 3.05) is 12.0 Å². The molecule has 0 saturated heterocycles. The van der Waals surface area contributed by atoms with Crippen molar-refractivity contribution >= 4 is 49.3 Å². The Hall–Kier alpha value is -3.24. The van der Waals surface area contributed by atoms with Crippen molar-refractivity contribution in [3.63, 3.8) is 0 Å². The highest BCUT2D eigenvalue weighted by molar-refractivity contribution is 9.10. The number of nitrogens with zero attached hydrogens (tertiary/aromatic N) is 3. The molecule has 0 fully saturated rings. The molecule has 0 unspecified atom stereocenters. The highest BCUT2D eigenvalue weighted by Crippen LogP contribution is 2.45. The number of hydrogen-bond acceptors (Lipinski definition) is 8. The van der Waals surface area contributed by atoms with Gasteiger partial charge in [0.25, 0.3) is 5.91 Å². The van der Waals surface area contributed by atoms with Crippen molar-refractivity contribution in [2.24, 2.45) is 0 Å². The summed E-state index contributed by atoms with van der Waals surface area (Å²) in [6.07, 6.45) is 0. The zero-order valence-electron chi connectivity index (χ0n) is 16.2. The van der Waals surface area contributed by atoms with Crippen LogP contribution in [-0.4, -0.2) is 28.3 Å². The lowest BCUT2D eigenvalue weighted by atomic mass is 9.98. The molecule has 2 aromatic carbocycles. The Morgan fingerprint density at radius 1 is 1.23 bits per heavy atom. The Morgan fingerprint density at radius 3 is 2.71 bits per heavy atom. The molecule has 31 heavy (non-hydrogen) atoms. The smallest absolute Gasteiger partial charge is 0.297 e. The van der Waals surface area contributed by atoms with Crippen LogP contribution in [0.25, 0.3) is 11.0 Å². The fraction of sp³-hybridized carbons (Fsp3) is 0.143. The van der Waals surface area contributed by atoms with Crippen LogP contribution in [0.5, 0.6) is 11.5 Å². The van der Waals surface area contributed by atoms with E-state index in [1.807, 2.05) is 0 Å². The molecule has 8 nitrogen and oxygen atoms in total. The van der Waals surface area contributed by atoms with Gasteiger partial charge in [-0.2, -0.15) is 0 Å². The second-order valence-electron chi connectivity index (χ2n) is 6.91. The van der Waals surface area contributed by atoms with E-state index in [-0.39, 0.29) is 28.3 Å². The fourth-order valence-electron chi connectivity index (χ4n) is 3.72. The summed E-state index contributed by atoms with van der Waals surface area (Å²) in [4.78, 5) is 28.3. The Kier molecular flexibility index (Phi) is 4.56. The van der Waals surface area contributed by atoms with E-state index in [2.05, 4.69) is 26.1 Å². The van der Waals surface area contributed by atoms with Gasteiger partial charge in [0.2, 0.25) is 10.9 Å². The molecule has 1 aliphatic heterocycles. The number of methoxy groups -OCH3 is 1. The fourth-order valence-corrected chi connectivity index (χ4v) is 4.90. The zero-order chi connectivity index (χ0) is 21.9. The number of phenols is 1. The van der Waals surface area contributed by atoms with Crippen LogP contribution in [0.2, 0.25) is 0 Å². The number of carbonyl (C=O) groups is 1. The number of anilines is 1. The van der Waals surface area contributed by atoms with E-state index in [0.29, 0.717) is 31.1 Å². The van der Waals surface area contributed by atoms with E-state index in [9.17, 15) is 14.7 Å². The Morgan fingerprint density at radius 2 is 2.00 bits per heavy atom. The second-order valence-corrected chi connectivity index (χ2v) is 8.92. The minimum absolute atomic E-state index is 0.0373. The number of aromatic nitrogens is 2. The van der Waals surface area contributed by atoms with Gasteiger partial charge in [0.1, 0.15) is 10.6 Å². The molecule has 1 atom stereocenters. The van der Waals surface area contributed by atoms with E-state index in [1.54, 1.807) is 43.3 Å². The molecule has 0 saturated carbocycles. The van der Waals surface area contributed by atoms with Gasteiger partial charge in [-0.3, -0.25) is 14.5 Å². The van der Waals surface area contributed by atoms with Gasteiger partial charge in [-0.1, -0.05) is 23.5 Å². The summed E-state index contributed by atoms with van der Waals surface area (Å²) in [6.45, 7) is 1.78. The summed E-state index contributed by atoms with van der Waals surface area (Å²) in [5.41, 5.74) is 0.778. The SMILES string of the molecule is COc1cc([C@H]2c3c(oc4ccccc4c3=O)C(=O)N2c2nnc(C)s2)cc(Br)c1O. The topological polar surface area (TPSA) is 106 Å². The Balaban J connectivity index is 1.84. The van der Waals surface area contributed by atoms with Gasteiger partial charge in [0.05, 0.1) is 28.6 Å². The van der Waals surface area contributed by atoms with Crippen LogP contribution < -0.4 is 15.1 Å². The molecule has 1 amide bonds. The second kappa shape index (κ2) is 7.17. The van der Waals surface area contributed by atoms with Gasteiger partial charge in [0, 0.05) is 0 Å². The lowest BCUT2D eigenvalue weighted by molar-refractivity contribution is 0.0970. The first-order valence-electron chi connectivity index (χ1n) is 9.16. The van der Waals surface area contributed by atoms with Crippen LogP contribution in [0.3, 0.4) is 0 Å². The molecule has 3 heterocycles. The Labute approximate surface area is 187 Å². The van der Waals surface area contributed by atoms with E-state index < -0.39 is 11.9 Å². The average Bonchev–Trinajstić information content (AvgIpc) is 3.31. The number of aromatic hydroxyl groups is 1. The number of hydrogen-bond donors (Lipinski definition) is 1. The predicted octanol–water partition coefficient (Wildman–Crippen LogP) is 4.18. The first kappa shape index (κ1) is 19.7. The lowest BCUT2D eigenvalue weighted by Gasteiger charge is -2.23. The van der Waals surface area contributed by atoms with Gasteiger partial charge < -0.3 is 14.3 Å². The molecule has 0 spiro atoms. The van der Waals surface area contributed by atoms with Crippen LogP contribution >= 0.6 is 27.3 Å². The van der Waals surface area contributed by atoms with Crippen molar-refractivity contribution in [3.05, 3.63) is 73.0 Å². The van der Waals surface area contributed by atoms with Crippen LogP contribution in [0, 0.1) is 6.92 Å². The quantitative estimate of drug-likeness (QED) is 0.450. The van der Waals surface area contributed by atoms with Crippen LogP contribution in [-0.2, 0) is 0 Å². The number of carbonyl (C=O) groups excluding carboxylic acids is 1. The van der Waals surface area contributed by atoms with Gasteiger partial charge in [-0.25, -0.2) is 0 Å². The Bertz CT molecular complexity index is 1430. The molecule has 156 valence electrons. The van der Waals surface area contributed by atoms with Crippen molar-refractivity contribution in [2.45, 2.75) is 13.0 Å². The predicted molar refractivity (Wildman–Crippen MR) is 118 cm³/mol. The normalized spacial score (nSPS) is 15.5. The molecular weight excluding hydrogens is 486 g/mol. The van der Waals surface area contributed by atoms with Gasteiger partial charge in [-0.05, 0) is 52.7 Å². The third kappa shape index (κ3) is 2.94. The standard InChI is InChI=1S/C21H14BrN3O5S/c1-9-23-24-21(31-9)25-16(10-7-12(22)18(27)14(8-10)29-2)15-17(26)11-5-3-4-6-13(11)30-19(15)20(25)28/h3-8,16,27H,1-2H3/t16-/m0/s1. The van der Waals surface area contributed by atoms with Gasteiger partial charge >= 0.3 is 0 Å². The van der Waals surface area contributed by atoms with Crippen molar-refractivity contribution in [1.82, 2.24) is 10.2 Å². The summed E-state index contributed by atoms with van der Waals surface area (Å²) in [5, 5.41) is 19.8. The molecule has 0 bridgehead atoms. The van der Waals surface area contributed by atoms with Gasteiger partial charge in [-0.15, -0.1) is 10.2 Å². The molecule has 0 radical (unpaired) electrons. The minimum atomic E-state index is -0.832. The third-order valence-corrected chi connectivity index (χ3v) is 6.53. The molecule has 10 heteroatoms. The van der Waals surface area contributed by atoms with Crippen LogP contribution in [0.4, 0.5) is 5.13 Å². The summed E-state index contributed by atoms with van der Waals surface area (Å²) in [7, 11) is 1.42. The van der Waals surface area contributed by atoms with E-state index in [1.165, 1.54) is 23.3 Å². The van der Waals surface area contributed by atoms with E-state index in [0.717, 1.165) is 0 Å². The van der Waals surface area contributed by atoms with Crippen LogP contribution in [0.15, 0.2) is 50.1 Å². The maximum absolute atomic E-state index is 13.5.